The van der Waals surface area contributed by atoms with Crippen LogP contribution in [0.4, 0.5) is 0 Å². The standard InChI is InChI=1S/C40H67N3O7/c1-24(2)25(3)36(5)16-17-38(7)27-12-13-31-37(6)22-48-23-40(31,28(27)14-15-39(38,8)32(36)35(46)47)21-30(50-26(4)44)33(37)49-20-19-43-34(45)29(42)11-9-10-18-41/h14,24-25,27,29-33H,9-13,15-23,41-42H2,1-8H3,(H,43,45)(H,46,47)/t25-,27+,29?,30-,31+,32-,33+,36-,37+,38-,39+,40-/m1/s1. The van der Waals surface area contributed by atoms with Crippen LogP contribution in [-0.2, 0) is 28.6 Å². The van der Waals surface area contributed by atoms with Crippen LogP contribution in [0.2, 0.25) is 0 Å². The van der Waals surface area contributed by atoms with Crippen molar-refractivity contribution < 1.29 is 33.7 Å². The molecule has 0 radical (unpaired) electrons. The van der Waals surface area contributed by atoms with Crippen molar-refractivity contribution in [3.8, 4) is 0 Å². The fourth-order valence-electron chi connectivity index (χ4n) is 12.3. The molecule has 10 heteroatoms. The van der Waals surface area contributed by atoms with Gasteiger partial charge in [-0.2, -0.15) is 0 Å². The summed E-state index contributed by atoms with van der Waals surface area (Å²) in [6.07, 6.45) is 8.94. The molecule has 4 fully saturated rings. The molecule has 5 rings (SSSR count). The van der Waals surface area contributed by atoms with Crippen LogP contribution in [-0.4, -0.2) is 74.1 Å². The Morgan fingerprint density at radius 2 is 1.78 bits per heavy atom. The molecular weight excluding hydrogens is 634 g/mol. The third kappa shape index (κ3) is 6.26. The van der Waals surface area contributed by atoms with Crippen molar-refractivity contribution in [3.05, 3.63) is 11.6 Å². The van der Waals surface area contributed by atoms with Gasteiger partial charge in [-0.25, -0.2) is 0 Å². The Hall–Kier alpha value is -2.01. The van der Waals surface area contributed by atoms with Gasteiger partial charge in [-0.05, 0) is 97.8 Å². The quantitative estimate of drug-likeness (QED) is 0.111. The minimum absolute atomic E-state index is 0.197. The first-order chi connectivity index (χ1) is 23.4. The van der Waals surface area contributed by atoms with Crippen LogP contribution in [0.25, 0.3) is 0 Å². The third-order valence-electron chi connectivity index (χ3n) is 15.4. The van der Waals surface area contributed by atoms with Gasteiger partial charge in [0.2, 0.25) is 5.91 Å². The zero-order chi connectivity index (χ0) is 36.9. The van der Waals surface area contributed by atoms with E-state index in [2.05, 4.69) is 59.9 Å². The average molecular weight is 702 g/mol. The summed E-state index contributed by atoms with van der Waals surface area (Å²) in [7, 11) is 0. The molecule has 12 atom stereocenters. The number of carboxylic acid groups (broad SMARTS) is 1. The van der Waals surface area contributed by atoms with Crippen molar-refractivity contribution in [2.24, 2.45) is 68.1 Å². The summed E-state index contributed by atoms with van der Waals surface area (Å²) in [5, 5.41) is 13.9. The van der Waals surface area contributed by atoms with Gasteiger partial charge >= 0.3 is 11.9 Å². The summed E-state index contributed by atoms with van der Waals surface area (Å²) in [5.41, 5.74) is 11.4. The Bertz CT molecular complexity index is 1320. The Morgan fingerprint density at radius 3 is 2.42 bits per heavy atom. The molecule has 6 N–H and O–H groups in total. The van der Waals surface area contributed by atoms with Crippen LogP contribution in [0.5, 0.6) is 0 Å². The highest BCUT2D eigenvalue weighted by molar-refractivity contribution is 5.81. The number of hydrogen-bond acceptors (Lipinski definition) is 8. The number of ether oxygens (including phenoxy) is 3. The second kappa shape index (κ2) is 14.4. The van der Waals surface area contributed by atoms with Crippen molar-refractivity contribution in [2.45, 2.75) is 131 Å². The zero-order valence-corrected chi connectivity index (χ0v) is 32.1. The lowest BCUT2D eigenvalue weighted by molar-refractivity contribution is -0.266. The van der Waals surface area contributed by atoms with E-state index in [1.165, 1.54) is 12.5 Å². The maximum atomic E-state index is 13.4. The van der Waals surface area contributed by atoms with Crippen LogP contribution < -0.4 is 16.8 Å². The van der Waals surface area contributed by atoms with Gasteiger partial charge in [-0.1, -0.05) is 66.5 Å². The molecule has 50 heavy (non-hydrogen) atoms. The largest absolute Gasteiger partial charge is 0.481 e. The molecule has 0 spiro atoms. The van der Waals surface area contributed by atoms with Gasteiger partial charge in [-0.3, -0.25) is 14.4 Å². The molecular formula is C40H67N3O7. The van der Waals surface area contributed by atoms with Gasteiger partial charge < -0.3 is 36.1 Å². The fraction of sp³-hybridized carbons (Fsp3) is 0.875. The van der Waals surface area contributed by atoms with E-state index in [0.29, 0.717) is 51.5 Å². The van der Waals surface area contributed by atoms with Crippen LogP contribution >= 0.6 is 0 Å². The molecule has 1 amide bonds. The maximum Gasteiger partial charge on any atom is 0.307 e. The van der Waals surface area contributed by atoms with Gasteiger partial charge in [0.15, 0.2) is 0 Å². The van der Waals surface area contributed by atoms with E-state index >= 15 is 0 Å². The number of hydrogen-bond donors (Lipinski definition) is 4. The number of nitrogens with one attached hydrogen (secondary N) is 1. The van der Waals surface area contributed by atoms with Crippen molar-refractivity contribution in [2.75, 3.05) is 32.9 Å². The van der Waals surface area contributed by atoms with Crippen LogP contribution in [0.3, 0.4) is 0 Å². The van der Waals surface area contributed by atoms with Crippen LogP contribution in [0.1, 0.15) is 113 Å². The summed E-state index contributed by atoms with van der Waals surface area (Å²) in [6, 6.07) is -0.583. The Morgan fingerprint density at radius 1 is 1.06 bits per heavy atom. The summed E-state index contributed by atoms with van der Waals surface area (Å²) in [4.78, 5) is 38.6. The maximum absolute atomic E-state index is 13.4. The monoisotopic (exact) mass is 701 g/mol. The molecule has 3 saturated carbocycles. The summed E-state index contributed by atoms with van der Waals surface area (Å²) in [6.45, 7) is 19.5. The molecule has 1 aliphatic heterocycles. The molecule has 284 valence electrons. The van der Waals surface area contributed by atoms with Gasteiger partial charge in [0.1, 0.15) is 12.2 Å². The molecule has 1 saturated heterocycles. The summed E-state index contributed by atoms with van der Waals surface area (Å²) < 4.78 is 19.3. The number of esters is 1. The third-order valence-corrected chi connectivity index (χ3v) is 15.4. The summed E-state index contributed by atoms with van der Waals surface area (Å²) >= 11 is 0. The lowest BCUT2D eigenvalue weighted by atomic mass is 9.34. The highest BCUT2D eigenvalue weighted by Gasteiger charge is 2.72. The molecule has 0 aromatic rings. The second-order valence-corrected chi connectivity index (χ2v) is 18.2. The van der Waals surface area contributed by atoms with Crippen molar-refractivity contribution in [1.29, 1.82) is 0 Å². The van der Waals surface area contributed by atoms with E-state index in [9.17, 15) is 19.5 Å². The molecule has 5 aliphatic rings. The number of rotatable bonds is 13. The topological polar surface area (TPSA) is 163 Å². The molecule has 2 bridgehead atoms. The predicted molar refractivity (Wildman–Crippen MR) is 193 cm³/mol. The van der Waals surface area contributed by atoms with E-state index in [-0.39, 0.29) is 52.5 Å². The smallest absolute Gasteiger partial charge is 0.307 e. The fourth-order valence-corrected chi connectivity index (χ4v) is 12.3. The van der Waals surface area contributed by atoms with E-state index in [4.69, 9.17) is 25.7 Å². The Labute approximate surface area is 300 Å². The molecule has 1 heterocycles. The lowest BCUT2D eigenvalue weighted by Crippen LogP contribution is -2.70. The first-order valence-corrected chi connectivity index (χ1v) is 19.5. The minimum atomic E-state index is -0.664. The van der Waals surface area contributed by atoms with Crippen LogP contribution in [0.15, 0.2) is 11.6 Å². The summed E-state index contributed by atoms with van der Waals surface area (Å²) in [5.74, 6) is -0.496. The predicted octanol–water partition coefficient (Wildman–Crippen LogP) is 5.46. The highest BCUT2D eigenvalue weighted by atomic mass is 16.6. The van der Waals surface area contributed by atoms with E-state index in [1.807, 2.05) is 0 Å². The number of carboxylic acids is 1. The minimum Gasteiger partial charge on any atom is -0.481 e. The van der Waals surface area contributed by atoms with Gasteiger partial charge in [0.25, 0.3) is 0 Å². The molecule has 0 aromatic heterocycles. The number of fused-ring (bicyclic) bond motifs is 3. The molecule has 0 aromatic carbocycles. The number of carbonyl (C=O) groups excluding carboxylic acids is 2. The van der Waals surface area contributed by atoms with Crippen molar-refractivity contribution in [1.82, 2.24) is 5.32 Å². The van der Waals surface area contributed by atoms with Crippen LogP contribution in [0, 0.1) is 56.7 Å². The lowest BCUT2D eigenvalue weighted by Gasteiger charge is -2.71. The second-order valence-electron chi connectivity index (χ2n) is 18.2. The normalized spacial score (nSPS) is 41.9. The molecule has 10 nitrogen and oxygen atoms in total. The molecule has 1 unspecified atom stereocenters. The number of nitrogens with two attached hydrogens (primary N) is 2. The van der Waals surface area contributed by atoms with Gasteiger partial charge in [0, 0.05) is 24.3 Å². The number of allylic oxidation sites excluding steroid dienone is 1. The number of aliphatic carboxylic acids is 1. The average Bonchev–Trinajstić information content (AvgIpc) is 3.03. The van der Waals surface area contributed by atoms with E-state index in [1.54, 1.807) is 0 Å². The Kier molecular flexibility index (Phi) is 11.3. The van der Waals surface area contributed by atoms with E-state index < -0.39 is 41.0 Å². The Balaban J connectivity index is 1.43. The van der Waals surface area contributed by atoms with Crippen molar-refractivity contribution in [3.63, 3.8) is 0 Å². The zero-order valence-electron chi connectivity index (χ0n) is 32.1. The number of amides is 1. The SMILES string of the molecule is CC(=O)O[C@@H]1C[C@]23COC[C@@](C)([C@@H]2CC[C@H]2C3=CC[C@@]3(C)[C@H](C(=O)O)[C@@](C)([C@H](C)C(C)C)CC[C@]23C)[C@H]1OCCNC(=O)C(N)CCCCN. The van der Waals surface area contributed by atoms with Crippen molar-refractivity contribution >= 4 is 17.8 Å². The first-order valence-electron chi connectivity index (χ1n) is 19.5. The van der Waals surface area contributed by atoms with E-state index in [0.717, 1.165) is 38.5 Å². The highest BCUT2D eigenvalue weighted by Crippen LogP contribution is 2.75. The molecule has 4 aliphatic carbocycles. The number of carbonyl (C=O) groups is 3. The van der Waals surface area contributed by atoms with Gasteiger partial charge in [-0.15, -0.1) is 0 Å². The van der Waals surface area contributed by atoms with Gasteiger partial charge in [0.05, 0.1) is 31.8 Å². The first kappa shape index (κ1) is 39.2. The number of unbranched alkanes of at least 4 members (excludes halogenated alkanes) is 1.